The zero-order valence-electron chi connectivity index (χ0n) is 11.8. The Morgan fingerprint density at radius 2 is 2.14 bits per heavy atom. The first-order valence-corrected chi connectivity index (χ1v) is 6.87. The molecule has 0 saturated carbocycles. The molecule has 1 aliphatic heterocycles. The van der Waals surface area contributed by atoms with Crippen LogP contribution in [0.25, 0.3) is 0 Å². The highest BCUT2D eigenvalue weighted by Gasteiger charge is 2.25. The number of hydrogen-bond acceptors (Lipinski definition) is 4. The van der Waals surface area contributed by atoms with Gasteiger partial charge in [-0.15, -0.1) is 0 Å². The van der Waals surface area contributed by atoms with E-state index in [1.54, 1.807) is 4.90 Å². The molecule has 0 atom stereocenters. The number of carbonyl (C=O) groups is 1. The Hall–Kier alpha value is -2.02. The molecule has 0 N–H and O–H groups in total. The molecule has 7 heteroatoms. The summed E-state index contributed by atoms with van der Waals surface area (Å²) in [5.41, 5.74) is -0.539. The summed E-state index contributed by atoms with van der Waals surface area (Å²) in [5, 5.41) is 10.7. The predicted molar refractivity (Wildman–Crippen MR) is 73.6 cm³/mol. The first-order valence-electron chi connectivity index (χ1n) is 6.87. The van der Waals surface area contributed by atoms with Crippen molar-refractivity contribution in [3.05, 3.63) is 39.7 Å². The predicted octanol–water partition coefficient (Wildman–Crippen LogP) is 2.38. The quantitative estimate of drug-likeness (QED) is 0.631. The molecule has 0 spiro atoms. The van der Waals surface area contributed by atoms with Crippen molar-refractivity contribution in [3.63, 3.8) is 0 Å². The molecule has 114 valence electrons. The van der Waals surface area contributed by atoms with Crippen LogP contribution in [0, 0.1) is 15.9 Å². The normalized spacial score (nSPS) is 16.0. The first kappa shape index (κ1) is 15.4. The van der Waals surface area contributed by atoms with Crippen molar-refractivity contribution in [2.75, 3.05) is 19.7 Å². The van der Waals surface area contributed by atoms with Crippen LogP contribution in [0.2, 0.25) is 0 Å². The SMILES string of the molecule is CCOC1CCN(C(=O)c2ccc(F)c([N+](=O)[O-])c2)CC1. The number of piperidine rings is 1. The van der Waals surface area contributed by atoms with E-state index in [4.69, 9.17) is 4.74 Å². The van der Waals surface area contributed by atoms with Gasteiger partial charge in [0.2, 0.25) is 5.82 Å². The molecule has 0 bridgehead atoms. The van der Waals surface area contributed by atoms with Crippen molar-refractivity contribution in [2.45, 2.75) is 25.9 Å². The van der Waals surface area contributed by atoms with Gasteiger partial charge in [0.25, 0.3) is 5.91 Å². The van der Waals surface area contributed by atoms with Gasteiger partial charge in [-0.25, -0.2) is 0 Å². The average Bonchev–Trinajstić information content (AvgIpc) is 2.48. The summed E-state index contributed by atoms with van der Waals surface area (Å²) in [6, 6.07) is 3.23. The molecule has 0 unspecified atom stereocenters. The zero-order valence-corrected chi connectivity index (χ0v) is 11.8. The Labute approximate surface area is 121 Å². The lowest BCUT2D eigenvalue weighted by atomic mass is 10.1. The summed E-state index contributed by atoms with van der Waals surface area (Å²) in [4.78, 5) is 23.8. The number of ether oxygens (including phenoxy) is 1. The van der Waals surface area contributed by atoms with Gasteiger partial charge >= 0.3 is 5.69 Å². The molecular formula is C14H17FN2O4. The van der Waals surface area contributed by atoms with Gasteiger partial charge < -0.3 is 9.64 Å². The molecule has 1 fully saturated rings. The number of nitro groups is 1. The molecule has 1 aliphatic rings. The number of nitro benzene ring substituents is 1. The van der Waals surface area contributed by atoms with Crippen LogP contribution < -0.4 is 0 Å². The van der Waals surface area contributed by atoms with E-state index in [1.165, 1.54) is 6.07 Å². The van der Waals surface area contributed by atoms with Gasteiger partial charge in [-0.3, -0.25) is 14.9 Å². The molecule has 1 heterocycles. The number of benzene rings is 1. The van der Waals surface area contributed by atoms with Crippen LogP contribution in [0.15, 0.2) is 18.2 Å². The maximum atomic E-state index is 13.3. The van der Waals surface area contributed by atoms with Crippen LogP contribution in [0.5, 0.6) is 0 Å². The maximum Gasteiger partial charge on any atom is 0.305 e. The van der Waals surface area contributed by atoms with E-state index in [2.05, 4.69) is 0 Å². The molecule has 1 aromatic carbocycles. The second-order valence-electron chi connectivity index (χ2n) is 4.87. The van der Waals surface area contributed by atoms with E-state index in [-0.39, 0.29) is 17.6 Å². The number of halogens is 1. The summed E-state index contributed by atoms with van der Waals surface area (Å²) in [7, 11) is 0. The number of nitrogens with zero attached hydrogens (tertiary/aromatic N) is 2. The van der Waals surface area contributed by atoms with Gasteiger partial charge in [0.05, 0.1) is 11.0 Å². The van der Waals surface area contributed by atoms with Crippen LogP contribution in [0.4, 0.5) is 10.1 Å². The van der Waals surface area contributed by atoms with Crippen molar-refractivity contribution in [1.29, 1.82) is 0 Å². The number of rotatable bonds is 4. The van der Waals surface area contributed by atoms with Crippen molar-refractivity contribution in [3.8, 4) is 0 Å². The van der Waals surface area contributed by atoms with Crippen LogP contribution in [0.1, 0.15) is 30.1 Å². The topological polar surface area (TPSA) is 72.7 Å². The average molecular weight is 296 g/mol. The highest BCUT2D eigenvalue weighted by atomic mass is 19.1. The fourth-order valence-electron chi connectivity index (χ4n) is 2.43. The molecule has 6 nitrogen and oxygen atoms in total. The smallest absolute Gasteiger partial charge is 0.305 e. The van der Waals surface area contributed by atoms with E-state index in [0.717, 1.165) is 25.0 Å². The molecule has 1 amide bonds. The first-order chi connectivity index (χ1) is 10.0. The van der Waals surface area contributed by atoms with Gasteiger partial charge in [0, 0.05) is 31.3 Å². The highest BCUT2D eigenvalue weighted by Crippen LogP contribution is 2.21. The number of amides is 1. The third-order valence-electron chi connectivity index (χ3n) is 3.52. The largest absolute Gasteiger partial charge is 0.378 e. The minimum Gasteiger partial charge on any atom is -0.378 e. The van der Waals surface area contributed by atoms with E-state index < -0.39 is 16.4 Å². The van der Waals surface area contributed by atoms with Crippen molar-refractivity contribution >= 4 is 11.6 Å². The fourth-order valence-corrected chi connectivity index (χ4v) is 2.43. The standard InChI is InChI=1S/C14H17FN2O4/c1-2-21-11-5-7-16(8-6-11)14(18)10-3-4-12(15)13(9-10)17(19)20/h3-4,9,11H,2,5-8H2,1H3. The van der Waals surface area contributed by atoms with Crippen LogP contribution >= 0.6 is 0 Å². The lowest BCUT2D eigenvalue weighted by molar-refractivity contribution is -0.387. The third-order valence-corrected chi connectivity index (χ3v) is 3.52. The van der Waals surface area contributed by atoms with Crippen molar-refractivity contribution < 1.29 is 18.8 Å². The Kier molecular flexibility index (Phi) is 4.85. The monoisotopic (exact) mass is 296 g/mol. The van der Waals surface area contributed by atoms with E-state index in [0.29, 0.717) is 19.7 Å². The Balaban J connectivity index is 2.07. The van der Waals surface area contributed by atoms with Gasteiger partial charge in [-0.05, 0) is 31.9 Å². The number of likely N-dealkylation sites (tertiary alicyclic amines) is 1. The molecule has 1 aromatic rings. The minimum atomic E-state index is -0.938. The fraction of sp³-hybridized carbons (Fsp3) is 0.500. The summed E-state index contributed by atoms with van der Waals surface area (Å²) in [5.74, 6) is -1.25. The molecule has 21 heavy (non-hydrogen) atoms. The molecular weight excluding hydrogens is 279 g/mol. The summed E-state index contributed by atoms with van der Waals surface area (Å²) in [6.45, 7) is 3.64. The van der Waals surface area contributed by atoms with Gasteiger partial charge in [0.1, 0.15) is 0 Å². The summed E-state index contributed by atoms with van der Waals surface area (Å²) < 4.78 is 18.8. The van der Waals surface area contributed by atoms with E-state index in [9.17, 15) is 19.3 Å². The summed E-state index contributed by atoms with van der Waals surface area (Å²) in [6.07, 6.45) is 1.63. The second-order valence-corrected chi connectivity index (χ2v) is 4.87. The van der Waals surface area contributed by atoms with E-state index >= 15 is 0 Å². The molecule has 0 aromatic heterocycles. The molecule has 0 radical (unpaired) electrons. The lowest BCUT2D eigenvalue weighted by Gasteiger charge is -2.31. The maximum absolute atomic E-state index is 13.3. The third kappa shape index (κ3) is 3.55. The Morgan fingerprint density at radius 3 is 2.71 bits per heavy atom. The van der Waals surface area contributed by atoms with Crippen LogP contribution in [-0.2, 0) is 4.74 Å². The number of hydrogen-bond donors (Lipinski definition) is 0. The molecule has 0 aliphatic carbocycles. The Bertz CT molecular complexity index is 542. The van der Waals surface area contributed by atoms with Gasteiger partial charge in [-0.2, -0.15) is 4.39 Å². The van der Waals surface area contributed by atoms with Crippen molar-refractivity contribution in [1.82, 2.24) is 4.90 Å². The van der Waals surface area contributed by atoms with Crippen LogP contribution in [0.3, 0.4) is 0 Å². The Morgan fingerprint density at radius 1 is 1.48 bits per heavy atom. The van der Waals surface area contributed by atoms with Gasteiger partial charge in [0.15, 0.2) is 0 Å². The lowest BCUT2D eigenvalue weighted by Crippen LogP contribution is -2.40. The van der Waals surface area contributed by atoms with E-state index in [1.807, 2.05) is 6.92 Å². The minimum absolute atomic E-state index is 0.137. The van der Waals surface area contributed by atoms with Crippen LogP contribution in [-0.4, -0.2) is 41.5 Å². The van der Waals surface area contributed by atoms with Gasteiger partial charge in [-0.1, -0.05) is 0 Å². The number of carbonyl (C=O) groups excluding carboxylic acids is 1. The van der Waals surface area contributed by atoms with Crippen molar-refractivity contribution in [2.24, 2.45) is 0 Å². The highest BCUT2D eigenvalue weighted by molar-refractivity contribution is 5.94. The second kappa shape index (κ2) is 6.62. The zero-order chi connectivity index (χ0) is 15.4. The molecule has 2 rings (SSSR count). The summed E-state index contributed by atoms with van der Waals surface area (Å²) >= 11 is 0. The molecule has 1 saturated heterocycles.